The minimum absolute atomic E-state index is 0.149. The SMILES string of the molecule is Cn1cc(CCNc2cccnc2[N+](=O)[O-])cn1. The average Bonchev–Trinajstić information content (AvgIpc) is 2.75. The van der Waals surface area contributed by atoms with E-state index in [1.807, 2.05) is 13.2 Å². The van der Waals surface area contributed by atoms with E-state index in [4.69, 9.17) is 0 Å². The van der Waals surface area contributed by atoms with Gasteiger partial charge in [0.15, 0.2) is 0 Å². The highest BCUT2D eigenvalue weighted by atomic mass is 16.6. The Hall–Kier alpha value is -2.44. The summed E-state index contributed by atoms with van der Waals surface area (Å²) in [7, 11) is 1.85. The zero-order chi connectivity index (χ0) is 13.0. The molecule has 7 nitrogen and oxygen atoms in total. The number of nitrogens with one attached hydrogen (secondary N) is 1. The highest BCUT2D eigenvalue weighted by Gasteiger charge is 2.13. The lowest BCUT2D eigenvalue weighted by molar-refractivity contribution is -0.388. The number of nitrogens with zero attached hydrogens (tertiary/aromatic N) is 4. The van der Waals surface area contributed by atoms with Crippen molar-refractivity contribution in [1.82, 2.24) is 14.8 Å². The monoisotopic (exact) mass is 247 g/mol. The topological polar surface area (TPSA) is 85.9 Å². The van der Waals surface area contributed by atoms with Crippen LogP contribution in [0.25, 0.3) is 0 Å². The summed E-state index contributed by atoms with van der Waals surface area (Å²) in [5, 5.41) is 17.8. The molecule has 0 saturated heterocycles. The summed E-state index contributed by atoms with van der Waals surface area (Å²) in [6, 6.07) is 3.31. The van der Waals surface area contributed by atoms with Gasteiger partial charge in [0, 0.05) is 19.8 Å². The summed E-state index contributed by atoms with van der Waals surface area (Å²) in [5.74, 6) is -0.149. The minimum atomic E-state index is -0.494. The van der Waals surface area contributed by atoms with E-state index in [1.165, 1.54) is 6.20 Å². The molecule has 18 heavy (non-hydrogen) atoms. The van der Waals surface area contributed by atoms with Crippen molar-refractivity contribution < 1.29 is 4.92 Å². The Morgan fingerprint density at radius 2 is 2.39 bits per heavy atom. The summed E-state index contributed by atoms with van der Waals surface area (Å²) >= 11 is 0. The van der Waals surface area contributed by atoms with Gasteiger partial charge in [0.2, 0.25) is 0 Å². The number of hydrogen-bond donors (Lipinski definition) is 1. The molecule has 0 radical (unpaired) electrons. The predicted molar refractivity (Wildman–Crippen MR) is 66.3 cm³/mol. The van der Waals surface area contributed by atoms with Crippen LogP contribution >= 0.6 is 0 Å². The molecule has 0 fully saturated rings. The van der Waals surface area contributed by atoms with Crippen molar-refractivity contribution in [3.8, 4) is 0 Å². The van der Waals surface area contributed by atoms with Gasteiger partial charge in [-0.3, -0.25) is 4.68 Å². The van der Waals surface area contributed by atoms with Crippen LogP contribution in [0.5, 0.6) is 0 Å². The molecule has 94 valence electrons. The normalized spacial score (nSPS) is 10.3. The zero-order valence-electron chi connectivity index (χ0n) is 9.91. The minimum Gasteiger partial charge on any atom is -0.378 e. The Morgan fingerprint density at radius 1 is 1.56 bits per heavy atom. The van der Waals surface area contributed by atoms with Gasteiger partial charge in [-0.05, 0) is 34.0 Å². The third-order valence-electron chi connectivity index (χ3n) is 2.45. The van der Waals surface area contributed by atoms with Crippen molar-refractivity contribution in [2.75, 3.05) is 11.9 Å². The number of nitro groups is 1. The predicted octanol–water partition coefficient (Wildman–Crippen LogP) is 1.38. The molecule has 0 aliphatic carbocycles. The van der Waals surface area contributed by atoms with E-state index in [1.54, 1.807) is 23.0 Å². The maximum absolute atomic E-state index is 10.7. The van der Waals surface area contributed by atoms with Crippen LogP contribution in [0.4, 0.5) is 11.5 Å². The largest absolute Gasteiger partial charge is 0.386 e. The fourth-order valence-corrected chi connectivity index (χ4v) is 1.62. The highest BCUT2D eigenvalue weighted by Crippen LogP contribution is 2.19. The summed E-state index contributed by atoms with van der Waals surface area (Å²) in [6.45, 7) is 0.595. The smallest absolute Gasteiger partial charge is 0.378 e. The van der Waals surface area contributed by atoms with Crippen LogP contribution in [-0.2, 0) is 13.5 Å². The molecule has 0 aliphatic rings. The maximum atomic E-state index is 10.7. The quantitative estimate of drug-likeness (QED) is 0.637. The first-order valence-corrected chi connectivity index (χ1v) is 5.47. The number of rotatable bonds is 5. The van der Waals surface area contributed by atoms with E-state index in [0.29, 0.717) is 12.2 Å². The fourth-order valence-electron chi connectivity index (χ4n) is 1.62. The molecule has 1 N–H and O–H groups in total. The second kappa shape index (κ2) is 5.26. The van der Waals surface area contributed by atoms with Crippen LogP contribution in [0.3, 0.4) is 0 Å². The molecular weight excluding hydrogens is 234 g/mol. The number of anilines is 1. The van der Waals surface area contributed by atoms with Crippen molar-refractivity contribution >= 4 is 11.5 Å². The van der Waals surface area contributed by atoms with E-state index in [2.05, 4.69) is 15.4 Å². The summed E-state index contributed by atoms with van der Waals surface area (Å²) in [4.78, 5) is 14.0. The van der Waals surface area contributed by atoms with Crippen LogP contribution in [0, 0.1) is 10.1 Å². The van der Waals surface area contributed by atoms with Gasteiger partial charge in [-0.2, -0.15) is 5.10 Å². The van der Waals surface area contributed by atoms with Crippen molar-refractivity contribution in [3.05, 3.63) is 46.4 Å². The Balaban J connectivity index is 1.96. The molecule has 0 amide bonds. The lowest BCUT2D eigenvalue weighted by Gasteiger charge is -2.04. The highest BCUT2D eigenvalue weighted by molar-refractivity contribution is 5.56. The molecule has 0 bridgehead atoms. The molecule has 2 heterocycles. The van der Waals surface area contributed by atoms with Gasteiger partial charge in [-0.25, -0.2) is 0 Å². The van der Waals surface area contributed by atoms with E-state index in [0.717, 1.165) is 12.0 Å². The van der Waals surface area contributed by atoms with Crippen LogP contribution < -0.4 is 5.32 Å². The molecule has 7 heteroatoms. The van der Waals surface area contributed by atoms with Crippen LogP contribution in [0.2, 0.25) is 0 Å². The Bertz CT molecular complexity index is 552. The Kier molecular flexibility index (Phi) is 3.52. The van der Waals surface area contributed by atoms with Crippen LogP contribution in [0.1, 0.15) is 5.56 Å². The van der Waals surface area contributed by atoms with Crippen molar-refractivity contribution in [2.24, 2.45) is 7.05 Å². The molecule has 0 unspecified atom stereocenters. The first-order valence-electron chi connectivity index (χ1n) is 5.47. The molecule has 0 spiro atoms. The van der Waals surface area contributed by atoms with Crippen molar-refractivity contribution in [3.63, 3.8) is 0 Å². The Morgan fingerprint density at radius 3 is 3.06 bits per heavy atom. The molecular formula is C11H13N5O2. The van der Waals surface area contributed by atoms with E-state index < -0.39 is 4.92 Å². The van der Waals surface area contributed by atoms with Gasteiger partial charge < -0.3 is 15.4 Å². The summed E-state index contributed by atoms with van der Waals surface area (Å²) in [5.41, 5.74) is 1.52. The molecule has 0 aliphatic heterocycles. The molecule has 0 aromatic carbocycles. The van der Waals surface area contributed by atoms with Crippen LogP contribution in [0.15, 0.2) is 30.7 Å². The van der Waals surface area contributed by atoms with Crippen molar-refractivity contribution in [2.45, 2.75) is 6.42 Å². The van der Waals surface area contributed by atoms with Gasteiger partial charge in [0.1, 0.15) is 11.9 Å². The Labute approximate surface area is 104 Å². The second-order valence-corrected chi connectivity index (χ2v) is 3.83. The number of aromatic nitrogens is 3. The van der Waals surface area contributed by atoms with E-state index in [-0.39, 0.29) is 5.82 Å². The van der Waals surface area contributed by atoms with E-state index >= 15 is 0 Å². The molecule has 2 rings (SSSR count). The number of pyridine rings is 1. The third kappa shape index (κ3) is 2.82. The number of aryl methyl sites for hydroxylation is 1. The lowest BCUT2D eigenvalue weighted by Crippen LogP contribution is -2.07. The maximum Gasteiger partial charge on any atom is 0.386 e. The molecule has 2 aromatic rings. The third-order valence-corrected chi connectivity index (χ3v) is 2.45. The first-order chi connectivity index (χ1) is 8.66. The lowest BCUT2D eigenvalue weighted by atomic mass is 10.2. The van der Waals surface area contributed by atoms with Crippen molar-refractivity contribution in [1.29, 1.82) is 0 Å². The standard InChI is InChI=1S/C11H13N5O2/c1-15-8-9(7-14-15)4-6-12-10-3-2-5-13-11(10)16(17)18/h2-3,5,7-8,12H,4,6H2,1H3. The second-order valence-electron chi connectivity index (χ2n) is 3.83. The number of hydrogen-bond acceptors (Lipinski definition) is 5. The molecule has 0 saturated carbocycles. The average molecular weight is 247 g/mol. The fraction of sp³-hybridized carbons (Fsp3) is 0.273. The van der Waals surface area contributed by atoms with Gasteiger partial charge in [0.05, 0.1) is 6.20 Å². The van der Waals surface area contributed by atoms with Gasteiger partial charge in [-0.1, -0.05) is 0 Å². The first kappa shape index (κ1) is 12.0. The zero-order valence-corrected chi connectivity index (χ0v) is 9.91. The van der Waals surface area contributed by atoms with Gasteiger partial charge in [-0.15, -0.1) is 0 Å². The summed E-state index contributed by atoms with van der Waals surface area (Å²) in [6.07, 6.45) is 5.85. The van der Waals surface area contributed by atoms with Gasteiger partial charge >= 0.3 is 5.82 Å². The molecule has 0 atom stereocenters. The molecule has 2 aromatic heterocycles. The van der Waals surface area contributed by atoms with Gasteiger partial charge in [0.25, 0.3) is 0 Å². The van der Waals surface area contributed by atoms with E-state index in [9.17, 15) is 10.1 Å². The van der Waals surface area contributed by atoms with Crippen LogP contribution in [-0.4, -0.2) is 26.2 Å². The summed E-state index contributed by atoms with van der Waals surface area (Å²) < 4.78 is 1.72.